The molecule has 0 fully saturated rings. The number of thioether (sulfide) groups is 5. The van der Waals surface area contributed by atoms with Crippen LogP contribution >= 0.6 is 58.8 Å². The predicted octanol–water partition coefficient (Wildman–Crippen LogP) is 1.23. The highest BCUT2D eigenvalue weighted by Gasteiger charge is 2.27. The summed E-state index contributed by atoms with van der Waals surface area (Å²) in [5.41, 5.74) is 14.4. The van der Waals surface area contributed by atoms with Crippen LogP contribution in [-0.4, -0.2) is 276 Å². The van der Waals surface area contributed by atoms with E-state index < -0.39 is 161 Å². The minimum absolute atomic E-state index is 0.0168. The summed E-state index contributed by atoms with van der Waals surface area (Å²) in [6.45, 7) is 5.94. The van der Waals surface area contributed by atoms with Crippen molar-refractivity contribution in [3.8, 4) is 0 Å². The van der Waals surface area contributed by atoms with Gasteiger partial charge in [0.2, 0.25) is 53.2 Å². The van der Waals surface area contributed by atoms with Crippen LogP contribution in [0, 0.1) is 0 Å². The van der Waals surface area contributed by atoms with Crippen molar-refractivity contribution in [2.45, 2.75) is 64.8 Å². The number of carboxylic acids is 10. The van der Waals surface area contributed by atoms with Gasteiger partial charge in [0, 0.05) is 69.1 Å². The number of amides is 11. The Bertz CT molecular complexity index is 4470. The molecule has 0 bridgehead atoms. The Morgan fingerprint density at radius 1 is 0.309 bits per heavy atom. The summed E-state index contributed by atoms with van der Waals surface area (Å²) in [5, 5.41) is 111. The number of aromatic carboxylic acids is 5. The molecule has 0 radical (unpaired) electrons. The first-order chi connectivity index (χ1) is 57.6. The van der Waals surface area contributed by atoms with Gasteiger partial charge in [0.05, 0.1) is 96.0 Å². The van der Waals surface area contributed by atoms with Crippen molar-refractivity contribution in [3.05, 3.63) is 148 Å². The third kappa shape index (κ3) is 42.0. The summed E-state index contributed by atoms with van der Waals surface area (Å²) in [6.07, 6.45) is 0. The lowest BCUT2D eigenvalue weighted by Crippen LogP contribution is -2.41. The van der Waals surface area contributed by atoms with Crippen LogP contribution in [0.4, 0.5) is 28.4 Å². The Hall–Kier alpha value is -14.0. The Morgan fingerprint density at radius 3 is 0.846 bits per heavy atom. The molecular formula is C73H84N12O33S5. The number of para-hydroxylation sites is 5. The van der Waals surface area contributed by atoms with Gasteiger partial charge in [-0.3, -0.25) is 52.7 Å². The molecule has 5 atom stereocenters. The maximum absolute atomic E-state index is 12.0. The van der Waals surface area contributed by atoms with Crippen molar-refractivity contribution >= 4 is 218 Å². The molecule has 11 amide bonds. The predicted molar refractivity (Wildman–Crippen MR) is 446 cm³/mol. The summed E-state index contributed by atoms with van der Waals surface area (Å²) in [5.74, 6) is -19.9. The van der Waals surface area contributed by atoms with Crippen LogP contribution in [0.1, 0.15) is 117 Å². The molecule has 123 heavy (non-hydrogen) atoms. The lowest BCUT2D eigenvalue weighted by Gasteiger charge is -2.14. The molecule has 50 heteroatoms. The van der Waals surface area contributed by atoms with E-state index in [4.69, 9.17) is 73.0 Å². The summed E-state index contributed by atoms with van der Waals surface area (Å²) < 4.78 is 5.00. The Balaban J connectivity index is 0.000000769. The number of hydrogen-bond donors (Lipinski definition) is 22. The van der Waals surface area contributed by atoms with Gasteiger partial charge in [-0.1, -0.05) is 42.5 Å². The van der Waals surface area contributed by atoms with Crippen molar-refractivity contribution in [1.29, 1.82) is 0 Å². The molecule has 0 aliphatic heterocycles. The Morgan fingerprint density at radius 2 is 0.553 bits per heavy atom. The van der Waals surface area contributed by atoms with Crippen molar-refractivity contribution in [3.63, 3.8) is 0 Å². The van der Waals surface area contributed by atoms with Crippen molar-refractivity contribution in [1.82, 2.24) is 26.6 Å². The monoisotopic (exact) mass is 1820 g/mol. The maximum Gasteiger partial charge on any atom is 0.340 e. The quantitative estimate of drug-likeness (QED) is 0.0148. The number of benzene rings is 5. The highest BCUT2D eigenvalue weighted by atomic mass is 32.2. The van der Waals surface area contributed by atoms with E-state index in [0.29, 0.717) is 11.4 Å². The number of nitrogens with two attached hydrogens (primary N) is 3. The van der Waals surface area contributed by atoms with Crippen LogP contribution in [0.3, 0.4) is 0 Å². The standard InChI is InChI=1S/C15H17N3O7S.C15H16N2O8S.C15H18N2O7S.C14H17N3O5S.C14H16N2O6S/c1-7(19)17-10(15(24)25)5-26-6-11(20)18-12-8(13(16)21)3-2-4-9(12)14(22)23;1-7(18)16-10(15(24)25)5-26-6-11(19)17-12-8(13(20)21)3-2-4-9(12)14(22)23;1-8(18)17-11(14(21)22)7-25-6-5-24-15(23)10-4-2-3-9(12(10)16)13(19)20;1-8(18)16-11(14(21)22)6-23-7-12(19)17-10-5-3-2-4-9(10)13(15)20;1-8(17)15-11(14(21)22)6-23-7-12(18)16-10-5-3-2-4-9(10)13(19)20/h2-4,10H,5-6H2,1H3,(H2,16,21)(H,17,19)(H,18,20)(H,22,23)(H,24,25);2-4,10H,5-6H2,1H3,(H,16,18)(H,17,19)(H,20,21)(H,22,23)(H,24,25);2-4,11H,5-7,16H2,1H3,(H,17,18)(H,19,20)(H,21,22);2-5,11H,6-7H2,1H3,(H2,15,20)(H,16,18)(H,17,19)(H,21,22);2-5,11H,6-7H2,1H3,(H,15,17)(H,16,18)(H,19,20)(H,21,22). The molecule has 0 aliphatic carbocycles. The van der Waals surface area contributed by atoms with E-state index in [-0.39, 0.29) is 126 Å². The van der Waals surface area contributed by atoms with E-state index in [1.54, 1.807) is 30.3 Å². The summed E-state index contributed by atoms with van der Waals surface area (Å²) in [7, 11) is 0. The molecule has 5 rings (SSSR count). The largest absolute Gasteiger partial charge is 0.480 e. The first-order valence-corrected chi connectivity index (χ1v) is 40.2. The summed E-state index contributed by atoms with van der Waals surface area (Å²) >= 11 is 5.05. The number of carboxylic acid groups (broad SMARTS) is 10. The molecule has 0 saturated heterocycles. The van der Waals surface area contributed by atoms with Gasteiger partial charge in [-0.15, -0.1) is 47.0 Å². The molecule has 25 N–H and O–H groups in total. The first kappa shape index (κ1) is 107. The third-order valence-corrected chi connectivity index (χ3v) is 19.4. The van der Waals surface area contributed by atoms with E-state index in [2.05, 4.69) is 47.9 Å². The fraction of sp³-hybridized carbons (Fsp3) is 0.288. The van der Waals surface area contributed by atoms with Gasteiger partial charge >= 0.3 is 65.7 Å². The van der Waals surface area contributed by atoms with Crippen LogP contribution < -0.4 is 65.1 Å². The van der Waals surface area contributed by atoms with E-state index in [1.165, 1.54) is 100 Å². The minimum Gasteiger partial charge on any atom is -0.480 e. The second-order valence-electron chi connectivity index (χ2n) is 24.0. The number of carbonyl (C=O) groups is 22. The molecule has 0 spiro atoms. The fourth-order valence-corrected chi connectivity index (χ4v) is 13.2. The molecular weight excluding hydrogens is 1730 g/mol. The zero-order valence-corrected chi connectivity index (χ0v) is 69.2. The van der Waals surface area contributed by atoms with Gasteiger partial charge in [0.25, 0.3) is 11.8 Å². The fourth-order valence-electron chi connectivity index (χ4n) is 9.00. The van der Waals surface area contributed by atoms with Gasteiger partial charge < -0.3 is 121 Å². The van der Waals surface area contributed by atoms with Crippen LogP contribution in [0.25, 0.3) is 0 Å². The number of carbonyl (C=O) groups excluding carboxylic acids is 12. The van der Waals surface area contributed by atoms with Crippen molar-refractivity contribution in [2.24, 2.45) is 11.5 Å². The number of anilines is 5. The van der Waals surface area contributed by atoms with Gasteiger partial charge in [-0.05, 0) is 60.7 Å². The topological polar surface area (TPSA) is 773 Å². The second kappa shape index (κ2) is 55.7. The number of nitrogen functional groups attached to an aromatic ring is 1. The number of nitrogens with one attached hydrogen (secondary N) is 9. The molecule has 0 aliphatic rings. The molecule has 0 heterocycles. The summed E-state index contributed by atoms with van der Waals surface area (Å²) in [6, 6.07) is 18.1. The van der Waals surface area contributed by atoms with E-state index in [9.17, 15) is 105 Å². The van der Waals surface area contributed by atoms with Crippen molar-refractivity contribution < 1.29 is 161 Å². The third-order valence-electron chi connectivity index (χ3n) is 14.3. The molecule has 5 aromatic rings. The molecule has 0 aromatic heterocycles. The highest BCUT2D eigenvalue weighted by molar-refractivity contribution is 8.00. The highest BCUT2D eigenvalue weighted by Crippen LogP contribution is 2.25. The average molecular weight is 1820 g/mol. The maximum atomic E-state index is 12.0. The van der Waals surface area contributed by atoms with Crippen LogP contribution in [-0.2, 0) is 71.9 Å². The SMILES string of the molecule is CC(=O)NC(CSCC(=O)Nc1c(C(=O)O)cccc1C(=O)O)C(=O)O.CC(=O)NC(CSCC(=O)Nc1c(C(N)=O)cccc1C(=O)O)C(=O)O.CC(=O)NC(CSCC(=O)Nc1ccccc1C(=O)O)C(=O)O.CC(=O)NC(CSCC(=O)Nc1ccccc1C(N)=O)C(=O)O.CC(=O)NC(CSCCOC(=O)c1cccc(C(=O)O)c1N)C(=O)O. The number of primary amides is 2. The zero-order chi connectivity index (χ0) is 93.5. The van der Waals surface area contributed by atoms with E-state index >= 15 is 0 Å². The molecule has 664 valence electrons. The first-order valence-electron chi connectivity index (χ1n) is 34.5. The van der Waals surface area contributed by atoms with E-state index in [0.717, 1.165) is 66.1 Å². The number of rotatable bonds is 43. The lowest BCUT2D eigenvalue weighted by molar-refractivity contribution is -0.141. The number of ether oxygens (including phenoxy) is 1. The summed E-state index contributed by atoms with van der Waals surface area (Å²) in [4.78, 5) is 247. The van der Waals surface area contributed by atoms with Gasteiger partial charge in [-0.2, -0.15) is 11.8 Å². The molecule has 5 aromatic carbocycles. The Labute approximate surface area is 717 Å². The average Bonchev–Trinajstić information content (AvgIpc) is 0.832. The normalized spacial score (nSPS) is 11.3. The van der Waals surface area contributed by atoms with Gasteiger partial charge in [0.1, 0.15) is 36.8 Å². The Kier molecular flexibility index (Phi) is 48.4. The van der Waals surface area contributed by atoms with Crippen LogP contribution in [0.2, 0.25) is 0 Å². The molecule has 5 unspecified atom stereocenters. The second-order valence-corrected chi connectivity index (χ2v) is 29.3. The number of aliphatic carboxylic acids is 5. The van der Waals surface area contributed by atoms with Gasteiger partial charge in [-0.25, -0.2) is 52.7 Å². The number of esters is 1. The molecule has 45 nitrogen and oxygen atoms in total. The van der Waals surface area contributed by atoms with Gasteiger partial charge in [0.15, 0.2) is 0 Å². The van der Waals surface area contributed by atoms with Crippen LogP contribution in [0.5, 0.6) is 0 Å². The van der Waals surface area contributed by atoms with Crippen LogP contribution in [0.15, 0.2) is 103 Å². The minimum atomic E-state index is -1.41. The van der Waals surface area contributed by atoms with Crippen molar-refractivity contribution in [2.75, 3.05) is 91.1 Å². The molecule has 0 saturated carbocycles. The number of hydrogen-bond acceptors (Lipinski definition) is 29. The van der Waals surface area contributed by atoms with E-state index in [1.807, 2.05) is 0 Å². The lowest BCUT2D eigenvalue weighted by atomic mass is 10.1. The zero-order valence-electron chi connectivity index (χ0n) is 65.1. The smallest absolute Gasteiger partial charge is 0.340 e.